The van der Waals surface area contributed by atoms with Crippen LogP contribution in [-0.2, 0) is 0 Å². The van der Waals surface area contributed by atoms with Crippen LogP contribution in [0.4, 0.5) is 9.52 Å². The molecule has 0 radical (unpaired) electrons. The molecule has 0 fully saturated rings. The molecular weight excluding hydrogens is 339 g/mol. The summed E-state index contributed by atoms with van der Waals surface area (Å²) in [6.07, 6.45) is 0. The van der Waals surface area contributed by atoms with E-state index in [1.807, 2.05) is 25.1 Å². The molecule has 0 unspecified atom stereocenters. The summed E-state index contributed by atoms with van der Waals surface area (Å²) in [5.74, 6) is -0.483. The molecule has 0 spiro atoms. The molecule has 0 aliphatic heterocycles. The van der Waals surface area contributed by atoms with Crippen LogP contribution in [0.2, 0.25) is 5.02 Å². The molecule has 23 heavy (non-hydrogen) atoms. The lowest BCUT2D eigenvalue weighted by Crippen LogP contribution is -2.13. The van der Waals surface area contributed by atoms with Gasteiger partial charge >= 0.3 is 0 Å². The van der Waals surface area contributed by atoms with E-state index in [9.17, 15) is 9.18 Å². The maximum atomic E-state index is 13.7. The van der Waals surface area contributed by atoms with Gasteiger partial charge in [0.2, 0.25) is 0 Å². The largest absolute Gasteiger partial charge is 0.494 e. The van der Waals surface area contributed by atoms with Crippen molar-refractivity contribution in [3.63, 3.8) is 0 Å². The lowest BCUT2D eigenvalue weighted by atomic mass is 10.2. The first kappa shape index (κ1) is 15.7. The molecule has 1 aromatic heterocycles. The third-order valence-electron chi connectivity index (χ3n) is 3.06. The minimum Gasteiger partial charge on any atom is -0.494 e. The number of nitrogens with one attached hydrogen (secondary N) is 1. The van der Waals surface area contributed by atoms with Gasteiger partial charge in [-0.05, 0) is 43.3 Å². The van der Waals surface area contributed by atoms with Crippen LogP contribution >= 0.6 is 22.9 Å². The van der Waals surface area contributed by atoms with Gasteiger partial charge in [0.1, 0.15) is 11.6 Å². The SMILES string of the molecule is CCOc1ccc2nc(NC(=O)c3cc(Cl)ccc3F)sc2c1. The van der Waals surface area contributed by atoms with Crippen LogP contribution in [0.25, 0.3) is 10.2 Å². The van der Waals surface area contributed by atoms with Crippen LogP contribution < -0.4 is 10.1 Å². The highest BCUT2D eigenvalue weighted by Crippen LogP contribution is 2.29. The van der Waals surface area contributed by atoms with Gasteiger partial charge in [0.15, 0.2) is 5.13 Å². The molecule has 0 aliphatic carbocycles. The van der Waals surface area contributed by atoms with Crippen LogP contribution in [0, 0.1) is 5.82 Å². The number of carbonyl (C=O) groups is 1. The van der Waals surface area contributed by atoms with Crippen molar-refractivity contribution in [2.45, 2.75) is 6.92 Å². The Morgan fingerprint density at radius 1 is 1.35 bits per heavy atom. The summed E-state index contributed by atoms with van der Waals surface area (Å²) in [6.45, 7) is 2.48. The average Bonchev–Trinajstić information content (AvgIpc) is 2.91. The van der Waals surface area contributed by atoms with Gasteiger partial charge in [-0.1, -0.05) is 22.9 Å². The first-order valence-electron chi connectivity index (χ1n) is 6.86. The second-order valence-electron chi connectivity index (χ2n) is 4.66. The number of hydrogen-bond acceptors (Lipinski definition) is 4. The van der Waals surface area contributed by atoms with Crippen molar-refractivity contribution >= 4 is 44.2 Å². The highest BCUT2D eigenvalue weighted by molar-refractivity contribution is 7.22. The zero-order valence-corrected chi connectivity index (χ0v) is 13.7. The number of thiazole rings is 1. The van der Waals surface area contributed by atoms with Crippen LogP contribution in [0.3, 0.4) is 0 Å². The molecule has 0 saturated heterocycles. The molecule has 0 saturated carbocycles. The first-order chi connectivity index (χ1) is 11.1. The van der Waals surface area contributed by atoms with Crippen molar-refractivity contribution in [3.8, 4) is 5.75 Å². The maximum absolute atomic E-state index is 13.7. The third-order valence-corrected chi connectivity index (χ3v) is 4.23. The fraction of sp³-hybridized carbons (Fsp3) is 0.125. The Bertz CT molecular complexity index is 882. The second kappa shape index (κ2) is 6.52. The fourth-order valence-corrected chi connectivity index (χ4v) is 3.11. The summed E-state index contributed by atoms with van der Waals surface area (Å²) in [7, 11) is 0. The molecular formula is C16H12ClFN2O2S. The van der Waals surface area contributed by atoms with E-state index in [4.69, 9.17) is 16.3 Å². The van der Waals surface area contributed by atoms with Crippen molar-refractivity contribution in [1.29, 1.82) is 0 Å². The van der Waals surface area contributed by atoms with E-state index < -0.39 is 11.7 Å². The Hall–Kier alpha value is -2.18. The molecule has 1 amide bonds. The Labute approximate surface area is 140 Å². The van der Waals surface area contributed by atoms with Gasteiger partial charge in [-0.3, -0.25) is 10.1 Å². The normalized spacial score (nSPS) is 10.7. The Morgan fingerprint density at radius 3 is 2.96 bits per heavy atom. The molecule has 3 rings (SSSR count). The number of aromatic nitrogens is 1. The van der Waals surface area contributed by atoms with Gasteiger partial charge < -0.3 is 4.74 Å². The third kappa shape index (κ3) is 3.43. The van der Waals surface area contributed by atoms with E-state index in [1.54, 1.807) is 0 Å². The minimum absolute atomic E-state index is 0.119. The number of anilines is 1. The summed E-state index contributed by atoms with van der Waals surface area (Å²) in [6, 6.07) is 9.31. The fourth-order valence-electron chi connectivity index (χ4n) is 2.05. The Balaban J connectivity index is 1.86. The van der Waals surface area contributed by atoms with Crippen LogP contribution in [0.1, 0.15) is 17.3 Å². The lowest BCUT2D eigenvalue weighted by Gasteiger charge is -2.03. The molecule has 4 nitrogen and oxygen atoms in total. The minimum atomic E-state index is -0.633. The topological polar surface area (TPSA) is 51.2 Å². The Morgan fingerprint density at radius 2 is 2.17 bits per heavy atom. The van der Waals surface area contributed by atoms with Crippen molar-refractivity contribution in [1.82, 2.24) is 4.98 Å². The van der Waals surface area contributed by atoms with Gasteiger partial charge in [-0.25, -0.2) is 9.37 Å². The van der Waals surface area contributed by atoms with Crippen molar-refractivity contribution in [3.05, 3.63) is 52.8 Å². The Kier molecular flexibility index (Phi) is 4.45. The van der Waals surface area contributed by atoms with E-state index in [2.05, 4.69) is 10.3 Å². The number of ether oxygens (including phenoxy) is 1. The predicted octanol–water partition coefficient (Wildman–Crippen LogP) is 4.74. The van der Waals surface area contributed by atoms with Crippen molar-refractivity contribution in [2.24, 2.45) is 0 Å². The first-order valence-corrected chi connectivity index (χ1v) is 8.06. The zero-order chi connectivity index (χ0) is 16.4. The predicted molar refractivity (Wildman–Crippen MR) is 90.2 cm³/mol. The van der Waals surface area contributed by atoms with E-state index in [1.165, 1.54) is 23.5 Å². The van der Waals surface area contributed by atoms with Crippen LogP contribution in [-0.4, -0.2) is 17.5 Å². The number of benzene rings is 2. The molecule has 0 atom stereocenters. The smallest absolute Gasteiger partial charge is 0.260 e. The monoisotopic (exact) mass is 350 g/mol. The summed E-state index contributed by atoms with van der Waals surface area (Å²) >= 11 is 7.09. The van der Waals surface area contributed by atoms with Gasteiger partial charge in [-0.15, -0.1) is 0 Å². The number of rotatable bonds is 4. The van der Waals surface area contributed by atoms with E-state index in [0.29, 0.717) is 16.8 Å². The van der Waals surface area contributed by atoms with E-state index >= 15 is 0 Å². The highest BCUT2D eigenvalue weighted by Gasteiger charge is 2.15. The molecule has 0 bridgehead atoms. The second-order valence-corrected chi connectivity index (χ2v) is 6.13. The summed E-state index contributed by atoms with van der Waals surface area (Å²) in [4.78, 5) is 16.5. The number of hydrogen-bond donors (Lipinski definition) is 1. The molecule has 118 valence electrons. The number of nitrogens with zero attached hydrogens (tertiary/aromatic N) is 1. The van der Waals surface area contributed by atoms with Crippen molar-refractivity contribution < 1.29 is 13.9 Å². The number of fused-ring (bicyclic) bond motifs is 1. The van der Waals surface area contributed by atoms with E-state index in [0.717, 1.165) is 22.0 Å². The molecule has 3 aromatic rings. The molecule has 7 heteroatoms. The van der Waals surface area contributed by atoms with Crippen LogP contribution in [0.5, 0.6) is 5.75 Å². The molecule has 2 aromatic carbocycles. The quantitative estimate of drug-likeness (QED) is 0.739. The van der Waals surface area contributed by atoms with E-state index in [-0.39, 0.29) is 5.56 Å². The van der Waals surface area contributed by atoms with Gasteiger partial charge in [0.05, 0.1) is 22.4 Å². The van der Waals surface area contributed by atoms with Gasteiger partial charge in [0, 0.05) is 5.02 Å². The highest BCUT2D eigenvalue weighted by atomic mass is 35.5. The van der Waals surface area contributed by atoms with Gasteiger partial charge in [-0.2, -0.15) is 0 Å². The zero-order valence-electron chi connectivity index (χ0n) is 12.1. The van der Waals surface area contributed by atoms with Gasteiger partial charge in [0.25, 0.3) is 5.91 Å². The summed E-state index contributed by atoms with van der Waals surface area (Å²) in [5.41, 5.74) is 0.618. The summed E-state index contributed by atoms with van der Waals surface area (Å²) in [5, 5.41) is 3.28. The maximum Gasteiger partial charge on any atom is 0.260 e. The molecule has 0 aliphatic rings. The van der Waals surface area contributed by atoms with Crippen LogP contribution in [0.15, 0.2) is 36.4 Å². The number of carbonyl (C=O) groups excluding carboxylic acids is 1. The average molecular weight is 351 g/mol. The standard InChI is InChI=1S/C16H12ClFN2O2S/c1-2-22-10-4-6-13-14(8-10)23-16(19-13)20-15(21)11-7-9(17)3-5-12(11)18/h3-8H,2H2,1H3,(H,19,20,21). The molecule has 1 heterocycles. The summed E-state index contributed by atoms with van der Waals surface area (Å²) < 4.78 is 20.0. The number of halogens is 2. The lowest BCUT2D eigenvalue weighted by molar-refractivity contribution is 0.102. The number of amides is 1. The molecule has 1 N–H and O–H groups in total. The van der Waals surface area contributed by atoms with Crippen molar-refractivity contribution in [2.75, 3.05) is 11.9 Å².